The Balaban J connectivity index is 0.00000294. The van der Waals surface area contributed by atoms with Gasteiger partial charge in [0.05, 0.1) is 7.11 Å². The van der Waals surface area contributed by atoms with E-state index in [2.05, 4.69) is 4.18 Å². The van der Waals surface area contributed by atoms with E-state index >= 15 is 4.39 Å². The van der Waals surface area contributed by atoms with E-state index in [1.165, 1.54) is 7.11 Å². The zero-order valence-corrected chi connectivity index (χ0v) is 26.0. The average molecular weight is 705 g/mol. The van der Waals surface area contributed by atoms with Gasteiger partial charge in [-0.15, -0.1) is 0 Å². The van der Waals surface area contributed by atoms with Gasteiger partial charge in [0.15, 0.2) is 11.6 Å². The molecule has 0 fully saturated rings. The molecule has 3 aromatic carbocycles. The van der Waals surface area contributed by atoms with Crippen molar-refractivity contribution in [3.63, 3.8) is 0 Å². The van der Waals surface area contributed by atoms with Gasteiger partial charge in [0, 0.05) is 17.5 Å². The van der Waals surface area contributed by atoms with E-state index in [0.717, 1.165) is 28.8 Å². The number of hydrogen-bond donors (Lipinski definition) is 1. The first-order valence-electron chi connectivity index (χ1n) is 13.7. The highest BCUT2D eigenvalue weighted by atomic mass is 32.2. The van der Waals surface area contributed by atoms with Gasteiger partial charge >= 0.3 is 18.0 Å². The van der Waals surface area contributed by atoms with Crippen LogP contribution in [0.25, 0.3) is 0 Å². The molecule has 0 spiro atoms. The number of methoxy groups -OCH3 is 1. The number of alkyl halides is 8. The summed E-state index contributed by atoms with van der Waals surface area (Å²) in [6.45, 7) is 5.66. The van der Waals surface area contributed by atoms with Crippen LogP contribution in [0.2, 0.25) is 0 Å². The summed E-state index contributed by atoms with van der Waals surface area (Å²) in [6, 6.07) is 16.4. The van der Waals surface area contributed by atoms with Crippen LogP contribution in [0.1, 0.15) is 61.3 Å². The second-order valence-electron chi connectivity index (χ2n) is 11.5. The summed E-state index contributed by atoms with van der Waals surface area (Å²) in [5.41, 5.74) is -2.34. The molecule has 0 bridgehead atoms. The Bertz CT molecular complexity index is 1540. The van der Waals surface area contributed by atoms with Crippen LogP contribution in [0.15, 0.2) is 60.7 Å². The standard InChI is InChI=1S/C31H29F9O4S.FHO/c1-28(2,3)43-19-11-13-21-18(14-19)10-12-20(17-8-6-5-7-9-17)26(21)22-15-23(32)25(16-24(22)42-4)44-45(41)27(33)29(34,35)30(36,37)31(38,39)40;1-2/h5-9,11,13-16,20,26-27H,10,12H2,1-4H3;2H. The van der Waals surface area contributed by atoms with Crippen LogP contribution in [0.3, 0.4) is 0 Å². The number of halogens is 10. The molecular formula is C31H30F10O5S. The Morgan fingerprint density at radius 1 is 0.872 bits per heavy atom. The lowest BCUT2D eigenvalue weighted by Gasteiger charge is -2.36. The first-order chi connectivity index (χ1) is 21.8. The van der Waals surface area contributed by atoms with Gasteiger partial charge in [0.2, 0.25) is 11.1 Å². The molecule has 260 valence electrons. The van der Waals surface area contributed by atoms with Gasteiger partial charge in [-0.1, -0.05) is 40.9 Å². The largest absolute Gasteiger partial charge is 0.496 e. The van der Waals surface area contributed by atoms with E-state index < -0.39 is 57.7 Å². The Hall–Kier alpha value is -3.53. The molecule has 0 radical (unpaired) electrons. The van der Waals surface area contributed by atoms with Crippen molar-refractivity contribution < 1.29 is 67.2 Å². The fourth-order valence-electron chi connectivity index (χ4n) is 5.27. The zero-order chi connectivity index (χ0) is 35.5. The lowest BCUT2D eigenvalue weighted by Crippen LogP contribution is -2.57. The van der Waals surface area contributed by atoms with Crippen molar-refractivity contribution in [2.45, 2.75) is 74.6 Å². The first-order valence-corrected chi connectivity index (χ1v) is 14.9. The normalized spacial score (nSPS) is 18.3. The molecule has 0 aliphatic heterocycles. The monoisotopic (exact) mass is 704 g/mol. The van der Waals surface area contributed by atoms with Crippen molar-refractivity contribution in [1.82, 2.24) is 0 Å². The van der Waals surface area contributed by atoms with Crippen molar-refractivity contribution in [2.24, 2.45) is 0 Å². The molecule has 0 saturated carbocycles. The van der Waals surface area contributed by atoms with E-state index in [-0.39, 0.29) is 17.2 Å². The summed E-state index contributed by atoms with van der Waals surface area (Å²) in [5.74, 6) is -16.3. The maximum absolute atomic E-state index is 15.4. The number of rotatable bonds is 9. The molecule has 47 heavy (non-hydrogen) atoms. The molecule has 4 atom stereocenters. The highest BCUT2D eigenvalue weighted by molar-refractivity contribution is 7.81. The highest BCUT2D eigenvalue weighted by Gasteiger charge is 2.77. The van der Waals surface area contributed by atoms with Crippen molar-refractivity contribution in [3.8, 4) is 17.2 Å². The lowest BCUT2D eigenvalue weighted by atomic mass is 9.69. The minimum absolute atomic E-state index is 0.125. The summed E-state index contributed by atoms with van der Waals surface area (Å²) < 4.78 is 158. The number of benzene rings is 3. The minimum atomic E-state index is -6.89. The van der Waals surface area contributed by atoms with Gasteiger partial charge in [-0.25, -0.2) is 18.3 Å². The molecule has 0 heterocycles. The predicted octanol–water partition coefficient (Wildman–Crippen LogP) is 8.91. The smallest absolute Gasteiger partial charge is 0.460 e. The Labute approximate surface area is 266 Å². The van der Waals surface area contributed by atoms with Crippen molar-refractivity contribution in [3.05, 3.63) is 88.7 Å². The van der Waals surface area contributed by atoms with Crippen LogP contribution in [0, 0.1) is 5.82 Å². The van der Waals surface area contributed by atoms with Crippen LogP contribution < -0.4 is 13.7 Å². The van der Waals surface area contributed by atoms with E-state index in [4.69, 9.17) is 19.3 Å². The summed E-state index contributed by atoms with van der Waals surface area (Å²) in [6.07, 6.45) is -5.64. The lowest BCUT2D eigenvalue weighted by molar-refractivity contribution is -0.359. The summed E-state index contributed by atoms with van der Waals surface area (Å²) in [4.78, 5) is 0. The second kappa shape index (κ2) is 14.3. The van der Waals surface area contributed by atoms with Crippen molar-refractivity contribution in [2.75, 3.05) is 7.11 Å². The van der Waals surface area contributed by atoms with E-state index in [0.29, 0.717) is 18.6 Å². The topological polar surface area (TPSA) is 65.0 Å². The molecule has 0 saturated heterocycles. The first kappa shape index (κ1) is 37.9. The van der Waals surface area contributed by atoms with E-state index in [1.54, 1.807) is 6.07 Å². The average Bonchev–Trinajstić information content (AvgIpc) is 3.00. The van der Waals surface area contributed by atoms with Gasteiger partial charge in [-0.2, -0.15) is 30.7 Å². The summed E-state index contributed by atoms with van der Waals surface area (Å²) >= 11 is -4.19. The van der Waals surface area contributed by atoms with E-state index in [1.807, 2.05) is 63.2 Å². The van der Waals surface area contributed by atoms with Crippen LogP contribution in [-0.4, -0.2) is 45.8 Å². The van der Waals surface area contributed by atoms with Gasteiger partial charge in [0.25, 0.3) is 5.50 Å². The van der Waals surface area contributed by atoms with Gasteiger partial charge in [-0.3, -0.25) is 0 Å². The minimum Gasteiger partial charge on any atom is -0.496 e. The highest BCUT2D eigenvalue weighted by Crippen LogP contribution is 2.52. The molecule has 5 nitrogen and oxygen atoms in total. The number of aryl methyl sites for hydroxylation is 1. The molecule has 16 heteroatoms. The number of hydrogen-bond acceptors (Lipinski definition) is 5. The quantitative estimate of drug-likeness (QED) is 0.226. The Kier molecular flexibility index (Phi) is 11.5. The fraction of sp³-hybridized carbons (Fsp3) is 0.419. The molecule has 0 aromatic heterocycles. The van der Waals surface area contributed by atoms with Crippen molar-refractivity contribution in [1.29, 1.82) is 0 Å². The Morgan fingerprint density at radius 3 is 2.04 bits per heavy atom. The number of ether oxygens (including phenoxy) is 2. The molecule has 3 aromatic rings. The SMILES string of the molecule is COc1cc(OS(=O)C(F)C(F)(F)C(F)(F)C(F)(F)F)c(F)cc1C1c2ccc(OC(C)(C)C)cc2CCC1c1ccccc1.OF. The maximum Gasteiger partial charge on any atom is 0.460 e. The molecule has 4 rings (SSSR count). The van der Waals surface area contributed by atoms with Crippen LogP contribution >= 0.6 is 0 Å². The van der Waals surface area contributed by atoms with Crippen LogP contribution in [0.4, 0.5) is 44.0 Å². The van der Waals surface area contributed by atoms with Crippen LogP contribution in [-0.2, 0) is 17.5 Å². The molecular weight excluding hydrogens is 674 g/mol. The third-order valence-corrected chi connectivity index (χ3v) is 8.23. The molecule has 1 aliphatic rings. The third kappa shape index (κ3) is 7.96. The van der Waals surface area contributed by atoms with Crippen LogP contribution in [0.5, 0.6) is 17.2 Å². The fourth-order valence-corrected chi connectivity index (χ4v) is 6.05. The molecule has 0 amide bonds. The summed E-state index contributed by atoms with van der Waals surface area (Å²) in [7, 11) is 1.18. The van der Waals surface area contributed by atoms with Gasteiger partial charge in [-0.05, 0) is 74.4 Å². The maximum atomic E-state index is 15.4. The van der Waals surface area contributed by atoms with Crippen molar-refractivity contribution >= 4 is 11.1 Å². The molecule has 1 aliphatic carbocycles. The number of fused-ring (bicyclic) bond motifs is 1. The zero-order valence-electron chi connectivity index (χ0n) is 25.2. The predicted molar refractivity (Wildman–Crippen MR) is 152 cm³/mol. The Morgan fingerprint density at radius 2 is 1.49 bits per heavy atom. The third-order valence-electron chi connectivity index (χ3n) is 7.25. The van der Waals surface area contributed by atoms with E-state index in [9.17, 15) is 39.3 Å². The van der Waals surface area contributed by atoms with Gasteiger partial charge in [0.1, 0.15) is 17.1 Å². The molecule has 4 unspecified atom stereocenters. The second-order valence-corrected chi connectivity index (χ2v) is 12.6. The van der Waals surface area contributed by atoms with Gasteiger partial charge < -0.3 is 13.7 Å². The summed E-state index contributed by atoms with van der Waals surface area (Å²) in [5, 5.41) is 5.50. The molecule has 1 N–H and O–H groups in total.